The Hall–Kier alpha value is -0.420. The molecule has 2 fully saturated rings. The van der Waals surface area contributed by atoms with Crippen molar-refractivity contribution < 1.29 is 9.84 Å². The number of nitrogens with zero attached hydrogens (tertiary/aromatic N) is 2. The summed E-state index contributed by atoms with van der Waals surface area (Å²) in [7, 11) is 3.80. The second-order valence-corrected chi connectivity index (χ2v) is 9.98. The Kier molecular flexibility index (Phi) is 5.14. The Morgan fingerprint density at radius 2 is 1.81 bits per heavy atom. The average Bonchev–Trinajstić information content (AvgIpc) is 2.98. The lowest BCUT2D eigenvalue weighted by atomic mass is 9.53. The summed E-state index contributed by atoms with van der Waals surface area (Å²) < 4.78 is 6.68. The van der Waals surface area contributed by atoms with Crippen molar-refractivity contribution in [1.29, 1.82) is 0 Å². The van der Waals surface area contributed by atoms with Crippen LogP contribution in [0.15, 0.2) is 11.6 Å². The van der Waals surface area contributed by atoms with Crippen molar-refractivity contribution in [2.45, 2.75) is 102 Å². The largest absolute Gasteiger partial charge is 0.659 e. The average molecular weight is 363 g/mol. The number of hydrogen-bond donors (Lipinski definition) is 1. The Morgan fingerprint density at radius 3 is 2.42 bits per heavy atom. The van der Waals surface area contributed by atoms with Crippen LogP contribution >= 0.6 is 0 Å². The van der Waals surface area contributed by atoms with Gasteiger partial charge in [0, 0.05) is 12.0 Å². The molecule has 3 rings (SSSR count). The maximum atomic E-state index is 12.0. The Labute approximate surface area is 160 Å². The molecule has 3 aliphatic rings. The van der Waals surface area contributed by atoms with Crippen LogP contribution in [0.1, 0.15) is 73.1 Å². The molecule has 1 heterocycles. The highest BCUT2D eigenvalue weighted by atomic mass is 16.5. The molecular weight excluding hydrogens is 324 g/mol. The minimum Gasteiger partial charge on any atom is -0.659 e. The van der Waals surface area contributed by atoms with E-state index in [1.165, 1.54) is 5.57 Å². The fourth-order valence-corrected chi connectivity index (χ4v) is 5.99. The van der Waals surface area contributed by atoms with Crippen LogP contribution in [0, 0.1) is 11.8 Å². The van der Waals surface area contributed by atoms with E-state index < -0.39 is 5.60 Å². The van der Waals surface area contributed by atoms with E-state index in [-0.39, 0.29) is 34.6 Å². The van der Waals surface area contributed by atoms with Gasteiger partial charge in [-0.3, -0.25) is 0 Å². The number of hydrogen-bond acceptors (Lipinski definition) is 2. The quantitative estimate of drug-likeness (QED) is 0.718. The van der Waals surface area contributed by atoms with Gasteiger partial charge in [-0.15, -0.1) is 11.1 Å². The summed E-state index contributed by atoms with van der Waals surface area (Å²) in [5, 5.41) is 21.3. The van der Waals surface area contributed by atoms with Crippen LogP contribution in [0.2, 0.25) is 0 Å². The van der Waals surface area contributed by atoms with Gasteiger partial charge in [-0.05, 0) is 51.9 Å². The van der Waals surface area contributed by atoms with Crippen molar-refractivity contribution in [3.05, 3.63) is 22.3 Å². The molecule has 1 N–H and O–H groups in total. The minimum atomic E-state index is -0.827. The first-order chi connectivity index (χ1) is 12.0. The van der Waals surface area contributed by atoms with Crippen LogP contribution in [0.25, 0.3) is 10.6 Å². The molecule has 0 unspecified atom stereocenters. The summed E-state index contributed by atoms with van der Waals surface area (Å²) in [5.41, 5.74) is -0.153. The minimum absolute atomic E-state index is 0.114. The van der Waals surface area contributed by atoms with Gasteiger partial charge in [0.25, 0.3) is 0 Å². The lowest BCUT2D eigenvalue weighted by Gasteiger charge is -2.63. The predicted molar refractivity (Wildman–Crippen MR) is 108 cm³/mol. The zero-order chi connectivity index (χ0) is 19.4. The van der Waals surface area contributed by atoms with Gasteiger partial charge < -0.3 is 20.5 Å². The number of rotatable bonds is 4. The summed E-state index contributed by atoms with van der Waals surface area (Å²) >= 11 is 0. The zero-order valence-corrected chi connectivity index (χ0v) is 17.8. The summed E-state index contributed by atoms with van der Waals surface area (Å²) in [6.07, 6.45) is 8.34. The van der Waals surface area contributed by atoms with E-state index in [0.717, 1.165) is 38.5 Å². The first-order valence-corrected chi connectivity index (χ1v) is 10.3. The monoisotopic (exact) mass is 362 g/mol. The van der Waals surface area contributed by atoms with Gasteiger partial charge in [0.1, 0.15) is 0 Å². The molecule has 0 aromatic rings. The van der Waals surface area contributed by atoms with Crippen LogP contribution in [0.4, 0.5) is 0 Å². The highest BCUT2D eigenvalue weighted by Gasteiger charge is 2.59. The topological polar surface area (TPSA) is 57.7 Å². The molecule has 26 heavy (non-hydrogen) atoms. The zero-order valence-electron chi connectivity index (χ0n) is 17.8. The lowest BCUT2D eigenvalue weighted by molar-refractivity contribution is -0.177. The van der Waals surface area contributed by atoms with Crippen LogP contribution in [0.3, 0.4) is 0 Å². The molecule has 1 saturated heterocycles. The molecule has 150 valence electrons. The fourth-order valence-electron chi connectivity index (χ4n) is 5.99. The molecule has 1 aliphatic heterocycles. The van der Waals surface area contributed by atoms with Crippen molar-refractivity contribution in [3.63, 3.8) is 0 Å². The van der Waals surface area contributed by atoms with Crippen LogP contribution in [-0.4, -0.2) is 47.6 Å². The van der Waals surface area contributed by atoms with Crippen molar-refractivity contribution in [2.24, 2.45) is 11.8 Å². The number of ether oxygens (including phenoxy) is 1. The second-order valence-electron chi connectivity index (χ2n) is 9.98. The van der Waals surface area contributed by atoms with Crippen LogP contribution in [-0.2, 0) is 4.74 Å². The van der Waals surface area contributed by atoms with Crippen LogP contribution < -0.4 is 0 Å². The molecular formula is C22H38N2O2-2. The van der Waals surface area contributed by atoms with Crippen molar-refractivity contribution in [3.8, 4) is 0 Å². The van der Waals surface area contributed by atoms with Gasteiger partial charge in [-0.1, -0.05) is 38.8 Å². The number of aliphatic hydroxyl groups is 1. The Balaban J connectivity index is 1.94. The molecule has 2 aliphatic carbocycles. The van der Waals surface area contributed by atoms with E-state index in [0.29, 0.717) is 0 Å². The van der Waals surface area contributed by atoms with Gasteiger partial charge in [0.15, 0.2) is 0 Å². The summed E-state index contributed by atoms with van der Waals surface area (Å²) in [4.78, 5) is 0. The molecule has 6 atom stereocenters. The third kappa shape index (κ3) is 3.07. The van der Waals surface area contributed by atoms with Gasteiger partial charge in [-0.2, -0.15) is 14.1 Å². The smallest absolute Gasteiger partial charge is 0.0902 e. The number of likely N-dealkylation sites (N-methyl/N-ethyl adjacent to an activating group) is 1. The molecule has 0 radical (unpaired) electrons. The summed E-state index contributed by atoms with van der Waals surface area (Å²) in [6.45, 7) is 10.9. The Bertz CT molecular complexity index is 574. The van der Waals surface area contributed by atoms with E-state index in [2.05, 4.69) is 46.0 Å². The number of allylic oxidation sites excluding steroid dienone is 1. The maximum absolute atomic E-state index is 12.0. The maximum Gasteiger partial charge on any atom is 0.0902 e. The highest BCUT2D eigenvalue weighted by Crippen LogP contribution is 2.58. The third-order valence-corrected chi connectivity index (χ3v) is 8.04. The number of fused-ring (bicyclic) bond motifs is 1. The molecule has 0 spiro atoms. The van der Waals surface area contributed by atoms with E-state index in [1.807, 2.05) is 14.1 Å². The molecule has 0 amide bonds. The second kappa shape index (κ2) is 6.58. The molecule has 0 aromatic carbocycles. The third-order valence-electron chi connectivity index (χ3n) is 8.04. The lowest BCUT2D eigenvalue weighted by Crippen LogP contribution is -2.63. The van der Waals surface area contributed by atoms with Crippen LogP contribution in [0.5, 0.6) is 0 Å². The standard InChI is InChI=1S/C22H38N2O2/c1-15-8-9-16-20(4,24-7)12-10-17(22(16,25)14-15)21(5)13-11-18(26-21)19(2,3)23-6/h14,16-18,25H,8-13H2,1-7H3/q-2/t16-,17+,18-,20-,21+,22+/m1/s1. The van der Waals surface area contributed by atoms with Crippen molar-refractivity contribution in [1.82, 2.24) is 0 Å². The van der Waals surface area contributed by atoms with E-state index in [1.54, 1.807) is 0 Å². The summed E-state index contributed by atoms with van der Waals surface area (Å²) in [6, 6.07) is 0. The molecule has 0 bridgehead atoms. The molecule has 0 aromatic heterocycles. The SMILES string of the molecule is C[N-]C(C)(C)[C@H]1CC[C@@](C)([C@@H]2CC[C@@](C)([N-]C)[C@H]3CCC(C)=C[C@@]23O)O1. The fraction of sp³-hybridized carbons (Fsp3) is 0.909. The van der Waals surface area contributed by atoms with Gasteiger partial charge in [0.05, 0.1) is 11.2 Å². The molecule has 1 saturated carbocycles. The van der Waals surface area contributed by atoms with Gasteiger partial charge in [-0.25, -0.2) is 0 Å². The van der Waals surface area contributed by atoms with E-state index in [9.17, 15) is 5.11 Å². The normalized spacial score (nSPS) is 46.8. The highest BCUT2D eigenvalue weighted by molar-refractivity contribution is 5.29. The van der Waals surface area contributed by atoms with Gasteiger partial charge in [0.2, 0.25) is 0 Å². The molecule has 4 heteroatoms. The Morgan fingerprint density at radius 1 is 1.12 bits per heavy atom. The first-order valence-electron chi connectivity index (χ1n) is 10.3. The first kappa shape index (κ1) is 20.3. The van der Waals surface area contributed by atoms with Crippen molar-refractivity contribution >= 4 is 0 Å². The molecule has 4 nitrogen and oxygen atoms in total. The van der Waals surface area contributed by atoms with Gasteiger partial charge >= 0.3 is 0 Å². The predicted octanol–water partition coefficient (Wildman–Crippen LogP) is 4.97. The van der Waals surface area contributed by atoms with E-state index >= 15 is 0 Å². The summed E-state index contributed by atoms with van der Waals surface area (Å²) in [5.74, 6) is 0.286. The van der Waals surface area contributed by atoms with Crippen molar-refractivity contribution in [2.75, 3.05) is 14.1 Å². The van der Waals surface area contributed by atoms with E-state index in [4.69, 9.17) is 10.1 Å².